The number of amides is 1. The van der Waals surface area contributed by atoms with Crippen LogP contribution in [0.5, 0.6) is 0 Å². The first-order valence-electron chi connectivity index (χ1n) is 10.5. The van der Waals surface area contributed by atoms with Crippen molar-refractivity contribution < 1.29 is 18.1 Å². The highest BCUT2D eigenvalue weighted by molar-refractivity contribution is 7.91. The third kappa shape index (κ3) is 5.14. The maximum atomic E-state index is 12.4. The Morgan fingerprint density at radius 2 is 1.89 bits per heavy atom. The Balaban J connectivity index is 1.56. The Labute approximate surface area is 168 Å². The molecule has 0 radical (unpaired) electrons. The van der Waals surface area contributed by atoms with E-state index in [1.807, 2.05) is 25.6 Å². The van der Waals surface area contributed by atoms with Gasteiger partial charge in [-0.15, -0.1) is 0 Å². The number of aromatic nitrogens is 2. The summed E-state index contributed by atoms with van der Waals surface area (Å²) < 4.78 is 25.5. The molecule has 1 aromatic rings. The quantitative estimate of drug-likeness (QED) is 0.717. The van der Waals surface area contributed by atoms with Crippen LogP contribution >= 0.6 is 0 Å². The zero-order chi connectivity index (χ0) is 20.5. The molecule has 0 spiro atoms. The van der Waals surface area contributed by atoms with Gasteiger partial charge in [0, 0.05) is 11.7 Å². The van der Waals surface area contributed by atoms with E-state index >= 15 is 0 Å². The molecule has 2 aliphatic rings. The molecule has 2 N–H and O–H groups in total. The SMILES string of the molecule is Cc1nn([C@H]2CCS(=O)(=O)C2)c(C)c1C[NH+](C)CC(=O)NC1CCC(C)CC1. The summed E-state index contributed by atoms with van der Waals surface area (Å²) in [5.41, 5.74) is 3.09. The van der Waals surface area contributed by atoms with E-state index in [0.29, 0.717) is 25.6 Å². The lowest BCUT2D eigenvalue weighted by molar-refractivity contribution is -0.885. The van der Waals surface area contributed by atoms with Crippen molar-refractivity contribution in [3.8, 4) is 0 Å². The highest BCUT2D eigenvalue weighted by Crippen LogP contribution is 2.26. The van der Waals surface area contributed by atoms with Crippen LogP contribution in [0.25, 0.3) is 0 Å². The van der Waals surface area contributed by atoms with Crippen molar-refractivity contribution >= 4 is 15.7 Å². The molecule has 1 saturated heterocycles. The normalized spacial score (nSPS) is 28.2. The summed E-state index contributed by atoms with van der Waals surface area (Å²) in [7, 11) is -0.913. The van der Waals surface area contributed by atoms with Crippen LogP contribution in [0.4, 0.5) is 0 Å². The number of likely N-dealkylation sites (N-methyl/N-ethyl adjacent to an activating group) is 1. The molecule has 158 valence electrons. The molecule has 1 aliphatic carbocycles. The molecule has 28 heavy (non-hydrogen) atoms. The molecule has 1 aromatic heterocycles. The van der Waals surface area contributed by atoms with Crippen molar-refractivity contribution in [2.75, 3.05) is 25.1 Å². The van der Waals surface area contributed by atoms with Gasteiger partial charge < -0.3 is 10.2 Å². The molecule has 0 bridgehead atoms. The standard InChI is InChI=1S/C20H34N4O3S/c1-14-5-7-17(8-6-14)21-20(25)12-23(4)11-19-15(2)22-24(16(19)3)18-9-10-28(26,27)13-18/h14,17-18H,5-13H2,1-4H3,(H,21,25)/p+1/t14?,17?,18-/m0/s1. The third-order valence-electron chi connectivity index (χ3n) is 6.35. The van der Waals surface area contributed by atoms with Crippen LogP contribution in [0.15, 0.2) is 0 Å². The van der Waals surface area contributed by atoms with E-state index in [1.165, 1.54) is 12.8 Å². The fourth-order valence-corrected chi connectivity index (χ4v) is 6.29. The van der Waals surface area contributed by atoms with Gasteiger partial charge in [-0.1, -0.05) is 6.92 Å². The summed E-state index contributed by atoms with van der Waals surface area (Å²) in [6.07, 6.45) is 5.20. The van der Waals surface area contributed by atoms with Crippen LogP contribution in [-0.4, -0.2) is 55.2 Å². The van der Waals surface area contributed by atoms with Gasteiger partial charge in [0.05, 0.1) is 35.9 Å². The van der Waals surface area contributed by atoms with Crippen molar-refractivity contribution in [2.24, 2.45) is 5.92 Å². The lowest BCUT2D eigenvalue weighted by atomic mass is 9.87. The van der Waals surface area contributed by atoms with E-state index in [9.17, 15) is 13.2 Å². The second kappa shape index (κ2) is 8.53. The number of aryl methyl sites for hydroxylation is 1. The van der Waals surface area contributed by atoms with Gasteiger partial charge in [0.25, 0.3) is 5.91 Å². The Morgan fingerprint density at radius 3 is 2.50 bits per heavy atom. The maximum absolute atomic E-state index is 12.4. The molecule has 1 aliphatic heterocycles. The summed E-state index contributed by atoms with van der Waals surface area (Å²) in [5.74, 6) is 1.32. The number of rotatable bonds is 6. The van der Waals surface area contributed by atoms with Gasteiger partial charge in [0.1, 0.15) is 6.54 Å². The summed E-state index contributed by atoms with van der Waals surface area (Å²) in [6, 6.07) is 0.266. The summed E-state index contributed by atoms with van der Waals surface area (Å²) in [6.45, 7) is 7.41. The molecule has 1 saturated carbocycles. The predicted molar refractivity (Wildman–Crippen MR) is 109 cm³/mol. The molecule has 1 unspecified atom stereocenters. The number of hydrogen-bond donors (Lipinski definition) is 2. The first-order chi connectivity index (χ1) is 13.1. The number of quaternary nitrogens is 1. The zero-order valence-electron chi connectivity index (χ0n) is 17.6. The van der Waals surface area contributed by atoms with Crippen LogP contribution in [0.3, 0.4) is 0 Å². The van der Waals surface area contributed by atoms with Gasteiger partial charge >= 0.3 is 0 Å². The van der Waals surface area contributed by atoms with E-state index in [2.05, 4.69) is 17.3 Å². The van der Waals surface area contributed by atoms with Gasteiger partial charge in [-0.3, -0.25) is 9.48 Å². The van der Waals surface area contributed by atoms with Crippen LogP contribution < -0.4 is 10.2 Å². The highest BCUT2D eigenvalue weighted by atomic mass is 32.2. The van der Waals surface area contributed by atoms with E-state index < -0.39 is 9.84 Å². The fourth-order valence-electron chi connectivity index (χ4n) is 4.60. The van der Waals surface area contributed by atoms with Crippen molar-refractivity contribution in [3.05, 3.63) is 17.0 Å². The number of nitrogens with zero attached hydrogens (tertiary/aromatic N) is 2. The molecule has 2 fully saturated rings. The maximum Gasteiger partial charge on any atom is 0.275 e. The molecule has 0 aromatic carbocycles. The lowest BCUT2D eigenvalue weighted by Gasteiger charge is -2.27. The monoisotopic (exact) mass is 411 g/mol. The van der Waals surface area contributed by atoms with Crippen LogP contribution in [0, 0.1) is 19.8 Å². The largest absolute Gasteiger partial charge is 0.348 e. The van der Waals surface area contributed by atoms with Gasteiger partial charge in [-0.05, 0) is 51.9 Å². The number of carbonyl (C=O) groups excluding carboxylic acids is 1. The molecule has 2 heterocycles. The average molecular weight is 412 g/mol. The first kappa shape index (κ1) is 21.3. The lowest BCUT2D eigenvalue weighted by Crippen LogP contribution is -3.09. The van der Waals surface area contributed by atoms with Crippen molar-refractivity contribution in [3.63, 3.8) is 0 Å². The molecule has 8 heteroatoms. The molecule has 1 amide bonds. The van der Waals surface area contributed by atoms with E-state index in [-0.39, 0.29) is 23.5 Å². The third-order valence-corrected chi connectivity index (χ3v) is 8.10. The summed E-state index contributed by atoms with van der Waals surface area (Å²) in [4.78, 5) is 13.5. The van der Waals surface area contributed by atoms with Crippen LogP contribution in [-0.2, 0) is 21.2 Å². The smallest absolute Gasteiger partial charge is 0.275 e. The topological polar surface area (TPSA) is 85.5 Å². The Kier molecular flexibility index (Phi) is 6.49. The van der Waals surface area contributed by atoms with E-state index in [1.54, 1.807) is 0 Å². The molecule has 7 nitrogen and oxygen atoms in total. The summed E-state index contributed by atoms with van der Waals surface area (Å²) >= 11 is 0. The minimum Gasteiger partial charge on any atom is -0.348 e. The fraction of sp³-hybridized carbons (Fsp3) is 0.800. The molecular formula is C20H35N4O3S+. The van der Waals surface area contributed by atoms with Crippen molar-refractivity contribution in [1.82, 2.24) is 15.1 Å². The second-order valence-corrected chi connectivity index (χ2v) is 11.2. The van der Waals surface area contributed by atoms with Gasteiger partial charge in [-0.25, -0.2) is 8.42 Å². The minimum absolute atomic E-state index is 0.0604. The van der Waals surface area contributed by atoms with Crippen molar-refractivity contribution in [2.45, 2.75) is 71.5 Å². The predicted octanol–water partition coefficient (Wildman–Crippen LogP) is 0.569. The van der Waals surface area contributed by atoms with Crippen LogP contribution in [0.2, 0.25) is 0 Å². The van der Waals surface area contributed by atoms with Gasteiger partial charge in [-0.2, -0.15) is 5.10 Å². The molecular weight excluding hydrogens is 376 g/mol. The van der Waals surface area contributed by atoms with Crippen molar-refractivity contribution in [1.29, 1.82) is 0 Å². The Hall–Kier alpha value is -1.41. The first-order valence-corrected chi connectivity index (χ1v) is 12.3. The second-order valence-electron chi connectivity index (χ2n) is 8.99. The number of nitrogens with one attached hydrogen (secondary N) is 2. The number of sulfone groups is 1. The van der Waals surface area contributed by atoms with E-state index in [0.717, 1.165) is 40.6 Å². The molecule has 2 atom stereocenters. The number of hydrogen-bond acceptors (Lipinski definition) is 4. The highest BCUT2D eigenvalue weighted by Gasteiger charge is 2.32. The Bertz CT molecular complexity index is 810. The van der Waals surface area contributed by atoms with E-state index in [4.69, 9.17) is 0 Å². The minimum atomic E-state index is -2.94. The number of carbonyl (C=O) groups is 1. The Morgan fingerprint density at radius 1 is 1.21 bits per heavy atom. The average Bonchev–Trinajstić information content (AvgIpc) is 3.10. The molecule has 3 rings (SSSR count). The van der Waals surface area contributed by atoms with Gasteiger partial charge in [0.2, 0.25) is 0 Å². The van der Waals surface area contributed by atoms with Crippen LogP contribution in [0.1, 0.15) is 62.0 Å². The van der Waals surface area contributed by atoms with Gasteiger partial charge in [0.15, 0.2) is 16.4 Å². The summed E-state index contributed by atoms with van der Waals surface area (Å²) in [5, 5.41) is 7.83. The zero-order valence-corrected chi connectivity index (χ0v) is 18.4.